The van der Waals surface area contributed by atoms with Crippen LogP contribution in [0.15, 0.2) is 16.9 Å². The lowest BCUT2D eigenvalue weighted by Gasteiger charge is -2.20. The third-order valence-corrected chi connectivity index (χ3v) is 2.86. The molecule has 1 amide bonds. The molecule has 1 aromatic rings. The highest BCUT2D eigenvalue weighted by Crippen LogP contribution is 2.10. The van der Waals surface area contributed by atoms with Crippen LogP contribution in [0, 0.1) is 5.92 Å². The van der Waals surface area contributed by atoms with Crippen molar-refractivity contribution in [3.8, 4) is 5.88 Å². The summed E-state index contributed by atoms with van der Waals surface area (Å²) < 4.78 is 0. The van der Waals surface area contributed by atoms with Gasteiger partial charge < -0.3 is 15.5 Å². The van der Waals surface area contributed by atoms with Crippen LogP contribution in [0.3, 0.4) is 0 Å². The Labute approximate surface area is 109 Å². The van der Waals surface area contributed by atoms with E-state index in [4.69, 9.17) is 5.11 Å². The summed E-state index contributed by atoms with van der Waals surface area (Å²) in [5.74, 6) is -2.56. The van der Waals surface area contributed by atoms with Crippen LogP contribution in [-0.2, 0) is 4.79 Å². The van der Waals surface area contributed by atoms with E-state index in [-0.39, 0.29) is 11.5 Å². The molecular formula is C12H16N2O5. The smallest absolute Gasteiger partial charge is 0.326 e. The Bertz CT molecular complexity index is 537. The second kappa shape index (κ2) is 6.03. The first-order valence-electron chi connectivity index (χ1n) is 5.82. The number of pyridine rings is 1. The second-order valence-electron chi connectivity index (χ2n) is 4.29. The molecule has 1 aromatic heterocycles. The molecule has 0 bridgehead atoms. The second-order valence-corrected chi connectivity index (χ2v) is 4.29. The van der Waals surface area contributed by atoms with E-state index < -0.39 is 29.4 Å². The molecule has 0 radical (unpaired) electrons. The van der Waals surface area contributed by atoms with Crippen molar-refractivity contribution >= 4 is 11.9 Å². The lowest BCUT2D eigenvalue weighted by Crippen LogP contribution is -2.45. The Kier molecular flexibility index (Phi) is 4.68. The van der Waals surface area contributed by atoms with E-state index in [1.165, 1.54) is 0 Å². The minimum Gasteiger partial charge on any atom is -0.494 e. The maximum Gasteiger partial charge on any atom is 0.326 e. The van der Waals surface area contributed by atoms with Gasteiger partial charge in [0.15, 0.2) is 5.88 Å². The van der Waals surface area contributed by atoms with Gasteiger partial charge in [-0.1, -0.05) is 20.3 Å². The summed E-state index contributed by atoms with van der Waals surface area (Å²) in [6, 6.07) is 1.01. The van der Waals surface area contributed by atoms with Crippen LogP contribution in [0.4, 0.5) is 0 Å². The molecule has 2 atom stereocenters. The highest BCUT2D eigenvalue weighted by molar-refractivity contribution is 5.96. The van der Waals surface area contributed by atoms with Gasteiger partial charge in [0.2, 0.25) is 0 Å². The fourth-order valence-electron chi connectivity index (χ4n) is 1.57. The molecule has 4 N–H and O–H groups in total. The standard InChI is InChI=1S/C12H16N2O5/c1-3-6(2)10(12(18)19)14-11(17)7-4-8(15)13-9(16)5-7/h4-6,10H,3H2,1-2H3,(H,14,17)(H,18,19)(H2,13,15,16)/t6-,10-/m0/s1. The van der Waals surface area contributed by atoms with Gasteiger partial charge in [-0.25, -0.2) is 4.79 Å². The minimum atomic E-state index is -1.14. The van der Waals surface area contributed by atoms with Crippen LogP contribution >= 0.6 is 0 Å². The van der Waals surface area contributed by atoms with Gasteiger partial charge in [-0.05, 0) is 5.92 Å². The van der Waals surface area contributed by atoms with Crippen LogP contribution < -0.4 is 10.9 Å². The summed E-state index contributed by atoms with van der Waals surface area (Å²) >= 11 is 0. The van der Waals surface area contributed by atoms with Crippen molar-refractivity contribution in [2.45, 2.75) is 26.3 Å². The molecule has 0 saturated carbocycles. The van der Waals surface area contributed by atoms with Gasteiger partial charge in [0.05, 0.1) is 5.56 Å². The predicted octanol–water partition coefficient (Wildman–Crippen LogP) is 0.310. The molecular weight excluding hydrogens is 252 g/mol. The lowest BCUT2D eigenvalue weighted by molar-refractivity contribution is -0.140. The van der Waals surface area contributed by atoms with E-state index in [1.807, 2.05) is 6.92 Å². The van der Waals surface area contributed by atoms with Gasteiger partial charge in [0, 0.05) is 12.1 Å². The molecule has 0 saturated heterocycles. The van der Waals surface area contributed by atoms with Crippen molar-refractivity contribution in [1.29, 1.82) is 0 Å². The third-order valence-electron chi connectivity index (χ3n) is 2.86. The molecule has 0 aliphatic carbocycles. The largest absolute Gasteiger partial charge is 0.494 e. The van der Waals surface area contributed by atoms with E-state index in [2.05, 4.69) is 10.3 Å². The number of H-pyrrole nitrogens is 1. The van der Waals surface area contributed by atoms with Crippen molar-refractivity contribution in [1.82, 2.24) is 10.3 Å². The zero-order valence-electron chi connectivity index (χ0n) is 10.6. The first-order chi connectivity index (χ1) is 8.85. The van der Waals surface area contributed by atoms with Crippen molar-refractivity contribution in [3.63, 3.8) is 0 Å². The monoisotopic (exact) mass is 268 g/mol. The SMILES string of the molecule is CC[C@H](C)[C@H](NC(=O)c1cc(O)[nH]c(=O)c1)C(=O)O. The van der Waals surface area contributed by atoms with Crippen molar-refractivity contribution in [2.24, 2.45) is 5.92 Å². The number of aromatic nitrogens is 1. The number of rotatable bonds is 5. The maximum atomic E-state index is 11.8. The van der Waals surface area contributed by atoms with Gasteiger partial charge in [-0.15, -0.1) is 0 Å². The first kappa shape index (κ1) is 14.7. The zero-order valence-corrected chi connectivity index (χ0v) is 10.6. The van der Waals surface area contributed by atoms with Gasteiger partial charge >= 0.3 is 5.97 Å². The Morgan fingerprint density at radius 1 is 1.42 bits per heavy atom. The minimum absolute atomic E-state index is 0.0872. The van der Waals surface area contributed by atoms with E-state index >= 15 is 0 Å². The molecule has 7 heteroatoms. The average molecular weight is 268 g/mol. The molecule has 0 aromatic carbocycles. The number of nitrogens with one attached hydrogen (secondary N) is 2. The summed E-state index contributed by atoms with van der Waals surface area (Å²) in [5, 5.41) is 20.6. The molecule has 0 unspecified atom stereocenters. The van der Waals surface area contributed by atoms with E-state index in [9.17, 15) is 19.5 Å². The number of hydrogen-bond acceptors (Lipinski definition) is 4. The molecule has 1 heterocycles. The Hall–Kier alpha value is -2.31. The Morgan fingerprint density at radius 2 is 2.05 bits per heavy atom. The van der Waals surface area contributed by atoms with Gasteiger partial charge in [0.1, 0.15) is 6.04 Å². The van der Waals surface area contributed by atoms with E-state index in [0.29, 0.717) is 6.42 Å². The lowest BCUT2D eigenvalue weighted by atomic mass is 9.99. The summed E-state index contributed by atoms with van der Waals surface area (Å²) in [5.41, 5.74) is -0.726. The summed E-state index contributed by atoms with van der Waals surface area (Å²) in [4.78, 5) is 36.1. The third kappa shape index (κ3) is 3.84. The number of carboxylic acid groups (broad SMARTS) is 1. The van der Waals surface area contributed by atoms with Gasteiger partial charge in [-0.2, -0.15) is 0 Å². The summed E-state index contributed by atoms with van der Waals surface area (Å²) in [6.45, 7) is 3.51. The molecule has 0 fully saturated rings. The number of amides is 1. The average Bonchev–Trinajstić information content (AvgIpc) is 2.33. The molecule has 0 aliphatic heterocycles. The quantitative estimate of drug-likeness (QED) is 0.612. The Morgan fingerprint density at radius 3 is 2.53 bits per heavy atom. The number of aromatic amines is 1. The number of hydrogen-bond donors (Lipinski definition) is 4. The summed E-state index contributed by atoms with van der Waals surface area (Å²) in [7, 11) is 0. The number of carboxylic acids is 1. The topological polar surface area (TPSA) is 119 Å². The van der Waals surface area contributed by atoms with Crippen LogP contribution in [0.1, 0.15) is 30.6 Å². The number of carbonyl (C=O) groups excluding carboxylic acids is 1. The number of aliphatic carboxylic acids is 1. The molecule has 1 rings (SSSR count). The van der Waals surface area contributed by atoms with Crippen LogP contribution in [0.2, 0.25) is 0 Å². The van der Waals surface area contributed by atoms with Crippen LogP contribution in [-0.4, -0.2) is 33.1 Å². The van der Waals surface area contributed by atoms with Crippen LogP contribution in [0.5, 0.6) is 5.88 Å². The summed E-state index contributed by atoms with van der Waals surface area (Å²) in [6.07, 6.45) is 0.581. The Balaban J connectivity index is 2.94. The molecule has 19 heavy (non-hydrogen) atoms. The van der Waals surface area contributed by atoms with Crippen LogP contribution in [0.25, 0.3) is 0 Å². The normalized spacial score (nSPS) is 13.6. The van der Waals surface area contributed by atoms with Crippen molar-refractivity contribution < 1.29 is 19.8 Å². The zero-order chi connectivity index (χ0) is 14.6. The molecule has 0 aliphatic rings. The number of carbonyl (C=O) groups is 2. The molecule has 104 valence electrons. The van der Waals surface area contributed by atoms with Gasteiger partial charge in [0.25, 0.3) is 11.5 Å². The predicted molar refractivity (Wildman–Crippen MR) is 67.1 cm³/mol. The fourth-order valence-corrected chi connectivity index (χ4v) is 1.57. The van der Waals surface area contributed by atoms with Crippen molar-refractivity contribution in [3.05, 3.63) is 28.0 Å². The highest BCUT2D eigenvalue weighted by atomic mass is 16.4. The van der Waals surface area contributed by atoms with E-state index in [0.717, 1.165) is 12.1 Å². The highest BCUT2D eigenvalue weighted by Gasteiger charge is 2.25. The fraction of sp³-hybridized carbons (Fsp3) is 0.417. The first-order valence-corrected chi connectivity index (χ1v) is 5.82. The van der Waals surface area contributed by atoms with E-state index in [1.54, 1.807) is 6.92 Å². The number of aromatic hydroxyl groups is 1. The van der Waals surface area contributed by atoms with Gasteiger partial charge in [-0.3, -0.25) is 14.6 Å². The molecule has 0 spiro atoms. The van der Waals surface area contributed by atoms with Crippen molar-refractivity contribution in [2.75, 3.05) is 0 Å². The molecule has 7 nitrogen and oxygen atoms in total. The maximum absolute atomic E-state index is 11.8.